The van der Waals surface area contributed by atoms with Gasteiger partial charge in [-0.2, -0.15) is 0 Å². The Morgan fingerprint density at radius 3 is 2.79 bits per heavy atom. The standard InChI is InChI=1S/C18H20N2O3Se/c1-5-22-18(21)16-12(4)20-17(24-16)13-6-7-15(14(8-13)9-19)23-10-11(2)3/h6-8,11H,5,10H2,1-4H3. The average Bonchev–Trinajstić information content (AvgIpc) is 2.94. The summed E-state index contributed by atoms with van der Waals surface area (Å²) in [6.07, 6.45) is 0. The summed E-state index contributed by atoms with van der Waals surface area (Å²) in [5.41, 5.74) is 2.03. The van der Waals surface area contributed by atoms with Crippen molar-refractivity contribution in [2.45, 2.75) is 27.7 Å². The van der Waals surface area contributed by atoms with E-state index in [1.54, 1.807) is 19.1 Å². The summed E-state index contributed by atoms with van der Waals surface area (Å²) in [5.74, 6) is 0.667. The molecule has 0 spiro atoms. The normalized spacial score (nSPS) is 10.5. The van der Waals surface area contributed by atoms with E-state index in [0.717, 1.165) is 10.1 Å². The maximum absolute atomic E-state index is 11.9. The Labute approximate surface area is 148 Å². The third kappa shape index (κ3) is 4.25. The van der Waals surface area contributed by atoms with Crippen LogP contribution in [0, 0.1) is 24.2 Å². The first-order chi connectivity index (χ1) is 11.5. The molecule has 0 N–H and O–H groups in total. The second-order valence-electron chi connectivity index (χ2n) is 5.68. The second-order valence-corrected chi connectivity index (χ2v) is 7.78. The molecule has 1 aromatic carbocycles. The Kier molecular flexibility index (Phi) is 6.19. The van der Waals surface area contributed by atoms with Crippen molar-refractivity contribution in [2.75, 3.05) is 13.2 Å². The Morgan fingerprint density at radius 1 is 1.42 bits per heavy atom. The fourth-order valence-corrected chi connectivity index (χ4v) is 4.05. The predicted molar refractivity (Wildman–Crippen MR) is 92.4 cm³/mol. The van der Waals surface area contributed by atoms with Crippen LogP contribution in [0.25, 0.3) is 10.1 Å². The van der Waals surface area contributed by atoms with Crippen LogP contribution >= 0.6 is 0 Å². The molecule has 0 aliphatic rings. The number of ether oxygens (including phenoxy) is 2. The summed E-state index contributed by atoms with van der Waals surface area (Å²) < 4.78 is 12.2. The molecule has 5 nitrogen and oxygen atoms in total. The van der Waals surface area contributed by atoms with Crippen molar-refractivity contribution in [2.24, 2.45) is 5.92 Å². The van der Waals surface area contributed by atoms with E-state index in [1.807, 2.05) is 13.0 Å². The average molecular weight is 391 g/mol. The molecule has 0 saturated carbocycles. The molecule has 6 heteroatoms. The van der Waals surface area contributed by atoms with Gasteiger partial charge in [-0.3, -0.25) is 0 Å². The zero-order chi connectivity index (χ0) is 17.7. The van der Waals surface area contributed by atoms with Crippen LogP contribution in [0.2, 0.25) is 0 Å². The monoisotopic (exact) mass is 392 g/mol. The van der Waals surface area contributed by atoms with Crippen molar-refractivity contribution in [1.82, 2.24) is 4.98 Å². The molecule has 0 saturated heterocycles. The summed E-state index contributed by atoms with van der Waals surface area (Å²) in [4.78, 5) is 16.4. The van der Waals surface area contributed by atoms with E-state index in [4.69, 9.17) is 9.47 Å². The van der Waals surface area contributed by atoms with Crippen molar-refractivity contribution in [1.29, 1.82) is 5.26 Å². The minimum absolute atomic E-state index is 0.219. The topological polar surface area (TPSA) is 72.2 Å². The molecular formula is C18H20N2O3Se. The Morgan fingerprint density at radius 2 is 2.17 bits per heavy atom. The van der Waals surface area contributed by atoms with E-state index in [0.29, 0.717) is 40.6 Å². The molecule has 0 aliphatic carbocycles. The minimum atomic E-state index is -0.300. The molecule has 0 fully saturated rings. The van der Waals surface area contributed by atoms with Gasteiger partial charge in [0.05, 0.1) is 0 Å². The summed E-state index contributed by atoms with van der Waals surface area (Å²) >= 11 is -0.219. The second kappa shape index (κ2) is 8.14. The number of carbonyl (C=O) groups is 1. The number of nitriles is 1. The number of aromatic nitrogens is 1. The van der Waals surface area contributed by atoms with Gasteiger partial charge < -0.3 is 0 Å². The fourth-order valence-electron chi connectivity index (χ4n) is 2.04. The number of hydrogen-bond acceptors (Lipinski definition) is 5. The van der Waals surface area contributed by atoms with Gasteiger partial charge in [-0.25, -0.2) is 0 Å². The van der Waals surface area contributed by atoms with Gasteiger partial charge in [-0.15, -0.1) is 0 Å². The summed E-state index contributed by atoms with van der Waals surface area (Å²) in [6.45, 7) is 8.62. The number of esters is 1. The molecule has 0 unspecified atom stereocenters. The molecule has 24 heavy (non-hydrogen) atoms. The van der Waals surface area contributed by atoms with Gasteiger partial charge in [0.1, 0.15) is 0 Å². The fraction of sp³-hybridized carbons (Fsp3) is 0.389. The van der Waals surface area contributed by atoms with E-state index >= 15 is 0 Å². The molecule has 2 rings (SSSR count). The number of benzene rings is 1. The van der Waals surface area contributed by atoms with Crippen LogP contribution in [0.3, 0.4) is 0 Å². The van der Waals surface area contributed by atoms with Crippen molar-refractivity contribution in [3.05, 3.63) is 33.9 Å². The van der Waals surface area contributed by atoms with E-state index in [9.17, 15) is 10.1 Å². The summed E-state index contributed by atoms with van der Waals surface area (Å²) in [6, 6.07) is 7.63. The molecule has 0 atom stereocenters. The van der Waals surface area contributed by atoms with E-state index in [2.05, 4.69) is 24.9 Å². The quantitative estimate of drug-likeness (QED) is 0.559. The van der Waals surface area contributed by atoms with Crippen LogP contribution in [-0.4, -0.2) is 38.7 Å². The van der Waals surface area contributed by atoms with E-state index in [1.165, 1.54) is 0 Å². The van der Waals surface area contributed by atoms with Crippen molar-refractivity contribution in [3.8, 4) is 22.0 Å². The third-order valence-corrected chi connectivity index (χ3v) is 5.67. The first kappa shape index (κ1) is 18.3. The van der Waals surface area contributed by atoms with Gasteiger partial charge in [0, 0.05) is 0 Å². The first-order valence-corrected chi connectivity index (χ1v) is 9.49. The maximum atomic E-state index is 11.9. The van der Waals surface area contributed by atoms with E-state index in [-0.39, 0.29) is 20.5 Å². The van der Waals surface area contributed by atoms with Crippen LogP contribution in [0.1, 0.15) is 41.3 Å². The van der Waals surface area contributed by atoms with Gasteiger partial charge in [-0.1, -0.05) is 0 Å². The molecule has 126 valence electrons. The molecule has 0 aliphatic heterocycles. The molecule has 1 heterocycles. The molecule has 0 radical (unpaired) electrons. The first-order valence-electron chi connectivity index (χ1n) is 7.78. The van der Waals surface area contributed by atoms with E-state index < -0.39 is 0 Å². The number of carbonyl (C=O) groups excluding carboxylic acids is 1. The zero-order valence-electron chi connectivity index (χ0n) is 14.3. The van der Waals surface area contributed by atoms with Crippen LogP contribution in [0.15, 0.2) is 18.2 Å². The van der Waals surface area contributed by atoms with Gasteiger partial charge in [0.2, 0.25) is 0 Å². The van der Waals surface area contributed by atoms with Crippen molar-refractivity contribution in [3.63, 3.8) is 0 Å². The molecular weight excluding hydrogens is 371 g/mol. The molecule has 1 aromatic heterocycles. The van der Waals surface area contributed by atoms with Gasteiger partial charge in [0.25, 0.3) is 0 Å². The predicted octanol–water partition coefficient (Wildman–Crippen LogP) is 3.20. The number of aryl methyl sites for hydroxylation is 1. The summed E-state index contributed by atoms with van der Waals surface area (Å²) in [7, 11) is 0. The van der Waals surface area contributed by atoms with Gasteiger partial charge in [-0.05, 0) is 0 Å². The Balaban J connectivity index is 2.31. The Hall–Kier alpha value is -2.09. The van der Waals surface area contributed by atoms with Crippen LogP contribution < -0.4 is 4.74 Å². The third-order valence-electron chi connectivity index (χ3n) is 3.18. The molecule has 0 bridgehead atoms. The van der Waals surface area contributed by atoms with Crippen LogP contribution in [0.5, 0.6) is 5.75 Å². The number of hydrogen-bond donors (Lipinski definition) is 0. The molecule has 2 aromatic rings. The summed E-state index contributed by atoms with van der Waals surface area (Å²) in [5, 5.41) is 9.36. The molecule has 0 amide bonds. The van der Waals surface area contributed by atoms with Crippen molar-refractivity contribution < 1.29 is 14.3 Å². The van der Waals surface area contributed by atoms with Crippen molar-refractivity contribution >= 4 is 20.5 Å². The van der Waals surface area contributed by atoms with Gasteiger partial charge >= 0.3 is 148 Å². The zero-order valence-corrected chi connectivity index (χ0v) is 16.0. The Bertz CT molecular complexity index is 775. The number of nitrogens with zero attached hydrogens (tertiary/aromatic N) is 2. The van der Waals surface area contributed by atoms with Crippen LogP contribution in [-0.2, 0) is 4.74 Å². The van der Waals surface area contributed by atoms with Gasteiger partial charge in [0.15, 0.2) is 0 Å². The SMILES string of the molecule is CCOC(=O)c1[se]c(-c2ccc(OCC(C)C)c(C#N)c2)nc1C. The van der Waals surface area contributed by atoms with Crippen LogP contribution in [0.4, 0.5) is 0 Å². The number of rotatable bonds is 6.